The fraction of sp³-hybridized carbons (Fsp3) is 0.538. The van der Waals surface area contributed by atoms with Crippen LogP contribution in [0, 0.1) is 0 Å². The minimum absolute atomic E-state index is 0.288. The van der Waals surface area contributed by atoms with Crippen molar-refractivity contribution in [1.29, 1.82) is 0 Å². The van der Waals surface area contributed by atoms with Crippen LogP contribution in [-0.4, -0.2) is 6.54 Å². The molecule has 76 valence electrons. The maximum absolute atomic E-state index is 3.69. The fourth-order valence-electron chi connectivity index (χ4n) is 2.59. The van der Waals surface area contributed by atoms with E-state index in [1.807, 2.05) is 0 Å². The summed E-state index contributed by atoms with van der Waals surface area (Å²) in [5.41, 5.74) is 1.76. The lowest BCUT2D eigenvalue weighted by molar-refractivity contribution is 0.356. The minimum Gasteiger partial charge on any atom is -0.307 e. The fourth-order valence-corrected chi connectivity index (χ4v) is 2.59. The summed E-state index contributed by atoms with van der Waals surface area (Å²) in [6, 6.07) is 10.9. The summed E-state index contributed by atoms with van der Waals surface area (Å²) in [4.78, 5) is 0. The molecule has 1 heterocycles. The Morgan fingerprint density at radius 1 is 1.29 bits per heavy atom. The molecule has 14 heavy (non-hydrogen) atoms. The summed E-state index contributed by atoms with van der Waals surface area (Å²) < 4.78 is 0. The van der Waals surface area contributed by atoms with Gasteiger partial charge in [0.25, 0.3) is 0 Å². The topological polar surface area (TPSA) is 12.0 Å². The normalized spacial score (nSPS) is 26.6. The van der Waals surface area contributed by atoms with Crippen LogP contribution in [0.15, 0.2) is 30.3 Å². The van der Waals surface area contributed by atoms with E-state index in [0.29, 0.717) is 0 Å². The highest BCUT2D eigenvalue weighted by Gasteiger charge is 2.33. The Morgan fingerprint density at radius 2 is 2.07 bits per heavy atom. The van der Waals surface area contributed by atoms with Gasteiger partial charge in [0.1, 0.15) is 0 Å². The molecule has 0 radical (unpaired) electrons. The van der Waals surface area contributed by atoms with Gasteiger partial charge in [0.05, 0.1) is 0 Å². The van der Waals surface area contributed by atoms with E-state index in [9.17, 15) is 0 Å². The maximum atomic E-state index is 3.69. The molecule has 1 N–H and O–H groups in total. The molecule has 1 fully saturated rings. The zero-order chi connectivity index (χ0) is 9.86. The number of benzene rings is 1. The van der Waals surface area contributed by atoms with E-state index in [1.54, 1.807) is 0 Å². The van der Waals surface area contributed by atoms with Crippen LogP contribution in [0.5, 0.6) is 0 Å². The molecule has 0 aliphatic carbocycles. The first-order valence-corrected chi connectivity index (χ1v) is 5.68. The molecular formula is C13H19N. The summed E-state index contributed by atoms with van der Waals surface area (Å²) in [6.07, 6.45) is 5.12. The predicted molar refractivity (Wildman–Crippen MR) is 60.3 cm³/mol. The molecule has 1 aromatic carbocycles. The van der Waals surface area contributed by atoms with Gasteiger partial charge in [-0.25, -0.2) is 0 Å². The SMILES string of the molecule is CCCC1(c2ccccc2)CCCN1. The van der Waals surface area contributed by atoms with Crippen molar-refractivity contribution in [2.24, 2.45) is 0 Å². The Kier molecular flexibility index (Phi) is 2.87. The van der Waals surface area contributed by atoms with E-state index < -0.39 is 0 Å². The Labute approximate surface area is 86.5 Å². The van der Waals surface area contributed by atoms with E-state index in [2.05, 4.69) is 42.6 Å². The zero-order valence-corrected chi connectivity index (χ0v) is 8.92. The van der Waals surface area contributed by atoms with Crippen molar-refractivity contribution in [1.82, 2.24) is 5.32 Å². The van der Waals surface area contributed by atoms with Crippen LogP contribution in [0.3, 0.4) is 0 Å². The molecule has 1 aliphatic heterocycles. The second-order valence-electron chi connectivity index (χ2n) is 4.23. The molecule has 0 bridgehead atoms. The molecule has 1 unspecified atom stereocenters. The second-order valence-corrected chi connectivity index (χ2v) is 4.23. The van der Waals surface area contributed by atoms with Gasteiger partial charge in [0.15, 0.2) is 0 Å². The van der Waals surface area contributed by atoms with Crippen LogP contribution < -0.4 is 5.32 Å². The van der Waals surface area contributed by atoms with E-state index in [1.165, 1.54) is 37.8 Å². The van der Waals surface area contributed by atoms with Gasteiger partial charge in [-0.2, -0.15) is 0 Å². The summed E-state index contributed by atoms with van der Waals surface area (Å²) in [7, 11) is 0. The standard InChI is InChI=1S/C13H19N/c1-2-9-13(10-6-11-14-13)12-7-4-3-5-8-12/h3-5,7-8,14H,2,6,9-11H2,1H3. The number of hydrogen-bond donors (Lipinski definition) is 1. The molecular weight excluding hydrogens is 170 g/mol. The molecule has 2 rings (SSSR count). The van der Waals surface area contributed by atoms with E-state index >= 15 is 0 Å². The van der Waals surface area contributed by atoms with Gasteiger partial charge in [-0.3, -0.25) is 0 Å². The minimum atomic E-state index is 0.288. The Hall–Kier alpha value is -0.820. The Bertz CT molecular complexity index is 273. The van der Waals surface area contributed by atoms with Crippen LogP contribution in [-0.2, 0) is 5.54 Å². The van der Waals surface area contributed by atoms with Crippen molar-refractivity contribution < 1.29 is 0 Å². The van der Waals surface area contributed by atoms with Crippen molar-refractivity contribution in [3.8, 4) is 0 Å². The van der Waals surface area contributed by atoms with Crippen molar-refractivity contribution >= 4 is 0 Å². The van der Waals surface area contributed by atoms with Gasteiger partial charge in [-0.1, -0.05) is 43.7 Å². The van der Waals surface area contributed by atoms with Crippen LogP contribution in [0.4, 0.5) is 0 Å². The molecule has 1 atom stereocenters. The molecule has 1 nitrogen and oxygen atoms in total. The summed E-state index contributed by atoms with van der Waals surface area (Å²) >= 11 is 0. The molecule has 1 heteroatoms. The number of nitrogens with one attached hydrogen (secondary N) is 1. The number of rotatable bonds is 3. The lowest BCUT2D eigenvalue weighted by Gasteiger charge is -2.30. The molecule has 0 spiro atoms. The molecule has 1 aromatic rings. The van der Waals surface area contributed by atoms with Gasteiger partial charge in [-0.15, -0.1) is 0 Å². The highest BCUT2D eigenvalue weighted by Crippen LogP contribution is 2.34. The van der Waals surface area contributed by atoms with Crippen molar-refractivity contribution in [2.75, 3.05) is 6.54 Å². The van der Waals surface area contributed by atoms with E-state index in [-0.39, 0.29) is 5.54 Å². The zero-order valence-electron chi connectivity index (χ0n) is 8.92. The van der Waals surface area contributed by atoms with Gasteiger partial charge in [0.2, 0.25) is 0 Å². The van der Waals surface area contributed by atoms with Gasteiger partial charge in [0, 0.05) is 5.54 Å². The molecule has 1 saturated heterocycles. The summed E-state index contributed by atoms with van der Waals surface area (Å²) in [5.74, 6) is 0. The first-order valence-electron chi connectivity index (χ1n) is 5.68. The van der Waals surface area contributed by atoms with Crippen molar-refractivity contribution in [3.63, 3.8) is 0 Å². The first kappa shape index (κ1) is 9.72. The van der Waals surface area contributed by atoms with Gasteiger partial charge >= 0.3 is 0 Å². The van der Waals surface area contributed by atoms with E-state index in [0.717, 1.165) is 0 Å². The van der Waals surface area contributed by atoms with Crippen molar-refractivity contribution in [3.05, 3.63) is 35.9 Å². The predicted octanol–water partition coefficient (Wildman–Crippen LogP) is 3.07. The van der Waals surface area contributed by atoms with Crippen molar-refractivity contribution in [2.45, 2.75) is 38.1 Å². The van der Waals surface area contributed by atoms with Crippen LogP contribution in [0.2, 0.25) is 0 Å². The molecule has 1 aliphatic rings. The summed E-state index contributed by atoms with van der Waals surface area (Å²) in [5, 5.41) is 3.69. The highest BCUT2D eigenvalue weighted by atomic mass is 15.0. The Morgan fingerprint density at radius 3 is 2.64 bits per heavy atom. The smallest absolute Gasteiger partial charge is 0.0435 e. The third-order valence-electron chi connectivity index (χ3n) is 3.25. The molecule has 0 saturated carbocycles. The molecule has 0 aromatic heterocycles. The molecule has 0 amide bonds. The van der Waals surface area contributed by atoms with Gasteiger partial charge < -0.3 is 5.32 Å². The monoisotopic (exact) mass is 189 g/mol. The lowest BCUT2D eigenvalue weighted by atomic mass is 9.84. The average molecular weight is 189 g/mol. The maximum Gasteiger partial charge on any atom is 0.0435 e. The largest absolute Gasteiger partial charge is 0.307 e. The van der Waals surface area contributed by atoms with Crippen LogP contribution >= 0.6 is 0 Å². The van der Waals surface area contributed by atoms with Crippen LogP contribution in [0.1, 0.15) is 38.2 Å². The Balaban J connectivity index is 2.27. The first-order chi connectivity index (χ1) is 6.87. The third-order valence-corrected chi connectivity index (χ3v) is 3.25. The summed E-state index contributed by atoms with van der Waals surface area (Å²) in [6.45, 7) is 3.44. The lowest BCUT2D eigenvalue weighted by Crippen LogP contribution is -2.36. The van der Waals surface area contributed by atoms with Gasteiger partial charge in [-0.05, 0) is 31.4 Å². The average Bonchev–Trinajstić information content (AvgIpc) is 2.70. The quantitative estimate of drug-likeness (QED) is 0.770. The van der Waals surface area contributed by atoms with Crippen LogP contribution in [0.25, 0.3) is 0 Å². The third kappa shape index (κ3) is 1.69. The van der Waals surface area contributed by atoms with E-state index in [4.69, 9.17) is 0 Å². The second kappa shape index (κ2) is 4.14. The number of hydrogen-bond acceptors (Lipinski definition) is 1. The highest BCUT2D eigenvalue weighted by molar-refractivity contribution is 5.25.